The van der Waals surface area contributed by atoms with Crippen LogP contribution in [0.15, 0.2) is 46.7 Å². The Morgan fingerprint density at radius 1 is 1.20 bits per heavy atom. The molecule has 2 unspecified atom stereocenters. The summed E-state index contributed by atoms with van der Waals surface area (Å²) in [5.41, 5.74) is 1.07. The molecule has 0 radical (unpaired) electrons. The first-order valence-electron chi connectivity index (χ1n) is 9.00. The van der Waals surface area contributed by atoms with E-state index in [1.165, 1.54) is 6.42 Å². The summed E-state index contributed by atoms with van der Waals surface area (Å²) in [5, 5.41) is 2.04. The first-order chi connectivity index (χ1) is 11.9. The number of sulfonamides is 1. The van der Waals surface area contributed by atoms with Gasteiger partial charge in [-0.2, -0.15) is 4.31 Å². The number of benzene rings is 1. The van der Waals surface area contributed by atoms with Crippen molar-refractivity contribution in [2.24, 2.45) is 11.8 Å². The van der Waals surface area contributed by atoms with Crippen LogP contribution in [0.25, 0.3) is 0 Å². The third-order valence-corrected chi connectivity index (χ3v) is 7.86. The van der Waals surface area contributed by atoms with E-state index in [1.807, 2.05) is 30.5 Å². The molecule has 0 amide bonds. The van der Waals surface area contributed by atoms with Gasteiger partial charge in [0.15, 0.2) is 0 Å². The van der Waals surface area contributed by atoms with Gasteiger partial charge in [-0.25, -0.2) is 8.42 Å². The first-order valence-corrected chi connectivity index (χ1v) is 11.3. The summed E-state index contributed by atoms with van der Waals surface area (Å²) in [4.78, 5) is 1.56. The van der Waals surface area contributed by atoms with E-state index in [0.29, 0.717) is 23.3 Å². The molecule has 0 saturated carbocycles. The van der Waals surface area contributed by atoms with E-state index in [2.05, 4.69) is 19.9 Å². The molecule has 2 aromatic rings. The minimum Gasteiger partial charge on any atom is -0.207 e. The van der Waals surface area contributed by atoms with Gasteiger partial charge in [0.25, 0.3) is 0 Å². The number of thiophene rings is 1. The van der Waals surface area contributed by atoms with Crippen LogP contribution in [-0.4, -0.2) is 19.3 Å². The van der Waals surface area contributed by atoms with Gasteiger partial charge in [-0.15, -0.1) is 11.3 Å². The Bertz CT molecular complexity index is 780. The fourth-order valence-electron chi connectivity index (χ4n) is 3.77. The Kier molecular flexibility index (Phi) is 5.66. The number of nitrogens with zero attached hydrogens (tertiary/aromatic N) is 1. The summed E-state index contributed by atoms with van der Waals surface area (Å²) < 4.78 is 28.3. The number of hydrogen-bond acceptors (Lipinski definition) is 3. The van der Waals surface area contributed by atoms with Gasteiger partial charge >= 0.3 is 0 Å². The van der Waals surface area contributed by atoms with Crippen LogP contribution < -0.4 is 0 Å². The first kappa shape index (κ1) is 18.6. The van der Waals surface area contributed by atoms with Crippen molar-refractivity contribution in [3.8, 4) is 0 Å². The lowest BCUT2D eigenvalue weighted by atomic mass is 9.85. The number of hydrogen-bond donors (Lipinski definition) is 0. The molecule has 0 aliphatic carbocycles. The van der Waals surface area contributed by atoms with Gasteiger partial charge in [0.05, 0.1) is 10.9 Å². The Labute approximate surface area is 155 Å². The molecule has 1 saturated heterocycles. The van der Waals surface area contributed by atoms with Gasteiger partial charge in [0, 0.05) is 11.4 Å². The van der Waals surface area contributed by atoms with E-state index in [-0.39, 0.29) is 6.04 Å². The van der Waals surface area contributed by atoms with Crippen molar-refractivity contribution in [1.82, 2.24) is 4.31 Å². The molecule has 5 heteroatoms. The van der Waals surface area contributed by atoms with E-state index in [4.69, 9.17) is 0 Å². The van der Waals surface area contributed by atoms with E-state index in [9.17, 15) is 8.42 Å². The maximum Gasteiger partial charge on any atom is 0.243 e. The van der Waals surface area contributed by atoms with Crippen molar-refractivity contribution >= 4 is 21.4 Å². The van der Waals surface area contributed by atoms with Gasteiger partial charge in [-0.05, 0) is 61.6 Å². The van der Waals surface area contributed by atoms with E-state index in [0.717, 1.165) is 23.3 Å². The predicted octanol–water partition coefficient (Wildman–Crippen LogP) is 5.24. The second kappa shape index (κ2) is 7.60. The largest absolute Gasteiger partial charge is 0.243 e. The molecule has 0 spiro atoms. The van der Waals surface area contributed by atoms with Gasteiger partial charge in [0.2, 0.25) is 10.0 Å². The van der Waals surface area contributed by atoms with Crippen LogP contribution >= 0.6 is 11.3 Å². The Balaban J connectivity index is 1.91. The molecule has 0 N–H and O–H groups in total. The van der Waals surface area contributed by atoms with Crippen LogP contribution in [0.3, 0.4) is 0 Å². The summed E-state index contributed by atoms with van der Waals surface area (Å²) in [6.45, 7) is 7.07. The molecule has 3 rings (SSSR count). The van der Waals surface area contributed by atoms with Crippen LogP contribution in [0.2, 0.25) is 0 Å². The smallest absolute Gasteiger partial charge is 0.207 e. The zero-order chi connectivity index (χ0) is 18.0. The Morgan fingerprint density at radius 2 is 1.92 bits per heavy atom. The molecule has 25 heavy (non-hydrogen) atoms. The zero-order valence-corrected chi connectivity index (χ0v) is 16.8. The van der Waals surface area contributed by atoms with Crippen molar-refractivity contribution in [3.63, 3.8) is 0 Å². The number of piperidine rings is 1. The predicted molar refractivity (Wildman–Crippen MR) is 104 cm³/mol. The monoisotopic (exact) mass is 377 g/mol. The molecule has 136 valence electrons. The molecule has 1 aliphatic rings. The van der Waals surface area contributed by atoms with Crippen LogP contribution in [0, 0.1) is 18.8 Å². The van der Waals surface area contributed by atoms with Gasteiger partial charge in [0.1, 0.15) is 0 Å². The average molecular weight is 378 g/mol. The average Bonchev–Trinajstić information content (AvgIpc) is 3.09. The molecule has 1 aliphatic heterocycles. The summed E-state index contributed by atoms with van der Waals surface area (Å²) >= 11 is 1.66. The van der Waals surface area contributed by atoms with Crippen LogP contribution in [0.5, 0.6) is 0 Å². The fraction of sp³-hybridized carbons (Fsp3) is 0.500. The molecule has 0 bridgehead atoms. The quantitative estimate of drug-likeness (QED) is 0.714. The molecule has 1 fully saturated rings. The second-order valence-electron chi connectivity index (χ2n) is 7.48. The van der Waals surface area contributed by atoms with Crippen molar-refractivity contribution in [3.05, 3.63) is 52.2 Å². The fourth-order valence-corrected chi connectivity index (χ4v) is 6.32. The van der Waals surface area contributed by atoms with Crippen LogP contribution in [0.1, 0.15) is 49.6 Å². The molecule has 1 aromatic heterocycles. The third kappa shape index (κ3) is 4.15. The topological polar surface area (TPSA) is 37.4 Å². The molecule has 2 heterocycles. The molecule has 3 nitrogen and oxygen atoms in total. The summed E-state index contributed by atoms with van der Waals surface area (Å²) in [5.74, 6) is 1.24. The highest BCUT2D eigenvalue weighted by Crippen LogP contribution is 2.41. The Morgan fingerprint density at radius 3 is 2.52 bits per heavy atom. The maximum absolute atomic E-state index is 13.3. The molecular weight excluding hydrogens is 350 g/mol. The van der Waals surface area contributed by atoms with Crippen LogP contribution in [-0.2, 0) is 10.0 Å². The number of aryl methyl sites for hydroxylation is 1. The molecular formula is C20H27NO2S2. The lowest BCUT2D eigenvalue weighted by Crippen LogP contribution is -2.41. The third-order valence-electron chi connectivity index (χ3n) is 4.97. The summed E-state index contributed by atoms with van der Waals surface area (Å²) in [6.07, 6.45) is 3.04. The lowest BCUT2D eigenvalue weighted by Gasteiger charge is -2.38. The summed E-state index contributed by atoms with van der Waals surface area (Å²) in [6, 6.07) is 11.3. The molecule has 2 atom stereocenters. The van der Waals surface area contributed by atoms with E-state index >= 15 is 0 Å². The lowest BCUT2D eigenvalue weighted by molar-refractivity contribution is 0.183. The van der Waals surface area contributed by atoms with Crippen molar-refractivity contribution in [1.29, 1.82) is 0 Å². The standard InChI is InChI=1S/C20H27NO2S2/c1-15(2)13-17-10-11-21(19(14-17)20-5-4-12-24-20)25(22,23)18-8-6-16(3)7-9-18/h4-9,12,15,17,19H,10-11,13-14H2,1-3H3. The van der Waals surface area contributed by atoms with E-state index in [1.54, 1.807) is 27.8 Å². The summed E-state index contributed by atoms with van der Waals surface area (Å²) in [7, 11) is -3.47. The van der Waals surface area contributed by atoms with Gasteiger partial charge < -0.3 is 0 Å². The second-order valence-corrected chi connectivity index (χ2v) is 10.3. The SMILES string of the molecule is Cc1ccc(S(=O)(=O)N2CCC(CC(C)C)CC2c2cccs2)cc1. The minimum atomic E-state index is -3.47. The maximum atomic E-state index is 13.3. The van der Waals surface area contributed by atoms with Crippen molar-refractivity contribution in [2.45, 2.75) is 51.0 Å². The highest BCUT2D eigenvalue weighted by atomic mass is 32.2. The highest BCUT2D eigenvalue weighted by Gasteiger charge is 2.38. The Hall–Kier alpha value is -1.17. The van der Waals surface area contributed by atoms with E-state index < -0.39 is 10.0 Å². The minimum absolute atomic E-state index is 0.0381. The van der Waals surface area contributed by atoms with Crippen molar-refractivity contribution < 1.29 is 8.42 Å². The van der Waals surface area contributed by atoms with Crippen LogP contribution in [0.4, 0.5) is 0 Å². The number of rotatable bonds is 5. The van der Waals surface area contributed by atoms with Gasteiger partial charge in [-0.1, -0.05) is 37.6 Å². The normalized spacial score (nSPS) is 22.4. The van der Waals surface area contributed by atoms with Gasteiger partial charge in [-0.3, -0.25) is 0 Å². The highest BCUT2D eigenvalue weighted by molar-refractivity contribution is 7.89. The molecule has 1 aromatic carbocycles. The van der Waals surface area contributed by atoms with Crippen molar-refractivity contribution in [2.75, 3.05) is 6.54 Å². The zero-order valence-electron chi connectivity index (χ0n) is 15.2.